The standard InChI is InChI=1S/C5H5F2NO2/c1-2-3-10-8-5(9)4(6)7/h1,4H,3H2,(H,8,9). The summed E-state index contributed by atoms with van der Waals surface area (Å²) in [6.07, 6.45) is 1.61. The van der Waals surface area contributed by atoms with Crippen molar-refractivity contribution in [2.45, 2.75) is 6.43 Å². The monoisotopic (exact) mass is 149 g/mol. The molecular formula is C5H5F2NO2. The van der Waals surface area contributed by atoms with Crippen LogP contribution in [0.1, 0.15) is 0 Å². The minimum absolute atomic E-state index is 0.224. The number of hydroxylamine groups is 1. The summed E-state index contributed by atoms with van der Waals surface area (Å²) >= 11 is 0. The second-order valence-corrected chi connectivity index (χ2v) is 1.26. The van der Waals surface area contributed by atoms with Gasteiger partial charge in [0, 0.05) is 0 Å². The van der Waals surface area contributed by atoms with Gasteiger partial charge in [-0.1, -0.05) is 5.92 Å². The molecule has 0 spiro atoms. The number of carbonyl (C=O) groups excluding carboxylic acids is 1. The van der Waals surface area contributed by atoms with E-state index in [1.165, 1.54) is 5.48 Å². The quantitative estimate of drug-likeness (QED) is 0.346. The molecule has 0 aromatic rings. The van der Waals surface area contributed by atoms with E-state index < -0.39 is 12.3 Å². The molecule has 0 unspecified atom stereocenters. The average molecular weight is 149 g/mol. The van der Waals surface area contributed by atoms with E-state index in [2.05, 4.69) is 11.3 Å². The lowest BCUT2D eigenvalue weighted by molar-refractivity contribution is -0.143. The highest BCUT2D eigenvalue weighted by atomic mass is 19.3. The van der Waals surface area contributed by atoms with E-state index in [1.54, 1.807) is 0 Å². The van der Waals surface area contributed by atoms with E-state index in [4.69, 9.17) is 0 Å². The number of carbonyl (C=O) groups is 1. The number of amides is 1. The number of nitrogens with one attached hydrogen (secondary N) is 1. The molecule has 1 amide bonds. The van der Waals surface area contributed by atoms with Gasteiger partial charge in [0.1, 0.15) is 6.61 Å². The summed E-state index contributed by atoms with van der Waals surface area (Å²) in [6, 6.07) is 0. The molecule has 0 atom stereocenters. The van der Waals surface area contributed by atoms with Crippen molar-refractivity contribution in [3.05, 3.63) is 0 Å². The first kappa shape index (κ1) is 8.85. The number of hydrogen-bond acceptors (Lipinski definition) is 2. The molecule has 0 radical (unpaired) electrons. The number of hydrogen-bond donors (Lipinski definition) is 1. The van der Waals surface area contributed by atoms with Gasteiger partial charge in [0.2, 0.25) is 0 Å². The normalized spacial score (nSPS) is 9.00. The van der Waals surface area contributed by atoms with E-state index in [0.29, 0.717) is 0 Å². The second-order valence-electron chi connectivity index (χ2n) is 1.26. The van der Waals surface area contributed by atoms with E-state index in [9.17, 15) is 13.6 Å². The maximum atomic E-state index is 11.3. The van der Waals surface area contributed by atoms with E-state index in [-0.39, 0.29) is 6.61 Å². The number of halogens is 2. The first-order chi connectivity index (χ1) is 4.68. The molecule has 0 rings (SSSR count). The molecule has 0 heterocycles. The highest BCUT2D eigenvalue weighted by Crippen LogP contribution is 1.89. The lowest BCUT2D eigenvalue weighted by Gasteiger charge is -1.99. The molecule has 0 saturated carbocycles. The maximum absolute atomic E-state index is 11.3. The van der Waals surface area contributed by atoms with Gasteiger partial charge in [-0.25, -0.2) is 5.48 Å². The van der Waals surface area contributed by atoms with Crippen LogP contribution in [-0.2, 0) is 9.63 Å². The van der Waals surface area contributed by atoms with Crippen LogP contribution in [0, 0.1) is 12.3 Å². The van der Waals surface area contributed by atoms with Crippen molar-refractivity contribution >= 4 is 5.91 Å². The predicted molar refractivity (Wildman–Crippen MR) is 28.9 cm³/mol. The molecule has 0 bridgehead atoms. The molecule has 5 heteroatoms. The molecule has 0 aromatic carbocycles. The Morgan fingerprint density at radius 2 is 2.40 bits per heavy atom. The molecular weight excluding hydrogens is 144 g/mol. The molecule has 0 aliphatic heterocycles. The Hall–Kier alpha value is -1.15. The van der Waals surface area contributed by atoms with Crippen LogP contribution in [0.3, 0.4) is 0 Å². The Kier molecular flexibility index (Phi) is 4.16. The summed E-state index contributed by atoms with van der Waals surface area (Å²) < 4.78 is 22.6. The summed E-state index contributed by atoms with van der Waals surface area (Å²) in [6.45, 7) is -0.224. The molecule has 0 aliphatic rings. The fourth-order valence-corrected chi connectivity index (χ4v) is 0.193. The lowest BCUT2D eigenvalue weighted by atomic mass is 10.7. The van der Waals surface area contributed by atoms with Crippen molar-refractivity contribution in [2.75, 3.05) is 6.61 Å². The van der Waals surface area contributed by atoms with Crippen LogP contribution in [0.15, 0.2) is 0 Å². The highest BCUT2D eigenvalue weighted by Gasteiger charge is 2.13. The van der Waals surface area contributed by atoms with E-state index in [0.717, 1.165) is 0 Å². The average Bonchev–Trinajstić information content (AvgIpc) is 1.88. The van der Waals surface area contributed by atoms with E-state index in [1.807, 2.05) is 5.92 Å². The molecule has 0 saturated heterocycles. The van der Waals surface area contributed by atoms with Gasteiger partial charge in [0.05, 0.1) is 0 Å². The van der Waals surface area contributed by atoms with Crippen molar-refractivity contribution in [3.63, 3.8) is 0 Å². The first-order valence-electron chi connectivity index (χ1n) is 2.31. The number of terminal acetylenes is 1. The highest BCUT2D eigenvalue weighted by molar-refractivity contribution is 5.77. The van der Waals surface area contributed by atoms with Gasteiger partial charge in [-0.2, -0.15) is 8.78 Å². The summed E-state index contributed by atoms with van der Waals surface area (Å²) in [4.78, 5) is 14.1. The predicted octanol–water partition coefficient (Wildman–Crippen LogP) is -0.0675. The number of rotatable bonds is 3. The van der Waals surface area contributed by atoms with Gasteiger partial charge < -0.3 is 0 Å². The molecule has 0 aliphatic carbocycles. The molecule has 1 N–H and O–H groups in total. The van der Waals surface area contributed by atoms with E-state index >= 15 is 0 Å². The van der Waals surface area contributed by atoms with Crippen LogP contribution in [-0.4, -0.2) is 18.9 Å². The van der Waals surface area contributed by atoms with Crippen LogP contribution in [0.2, 0.25) is 0 Å². The van der Waals surface area contributed by atoms with Crippen LogP contribution in [0.4, 0.5) is 8.78 Å². The SMILES string of the molecule is C#CCONC(=O)C(F)F. The molecule has 0 aromatic heterocycles. The van der Waals surface area contributed by atoms with Gasteiger partial charge in [0.25, 0.3) is 0 Å². The Morgan fingerprint density at radius 1 is 1.80 bits per heavy atom. The zero-order valence-electron chi connectivity index (χ0n) is 4.93. The smallest absolute Gasteiger partial charge is 0.266 e. The van der Waals surface area contributed by atoms with Gasteiger partial charge in [-0.3, -0.25) is 9.63 Å². The van der Waals surface area contributed by atoms with Crippen molar-refractivity contribution in [1.29, 1.82) is 0 Å². The Morgan fingerprint density at radius 3 is 2.80 bits per heavy atom. The van der Waals surface area contributed by atoms with Gasteiger partial charge in [0.15, 0.2) is 0 Å². The molecule has 56 valence electrons. The van der Waals surface area contributed by atoms with Crippen molar-refractivity contribution in [1.82, 2.24) is 5.48 Å². The van der Waals surface area contributed by atoms with Gasteiger partial charge in [-0.05, 0) is 0 Å². The Labute approximate surface area is 56.3 Å². The van der Waals surface area contributed by atoms with Crippen molar-refractivity contribution < 1.29 is 18.4 Å². The summed E-state index contributed by atoms with van der Waals surface area (Å²) in [5.74, 6) is 0.490. The van der Waals surface area contributed by atoms with Gasteiger partial charge in [-0.15, -0.1) is 6.42 Å². The topological polar surface area (TPSA) is 38.3 Å². The summed E-state index contributed by atoms with van der Waals surface area (Å²) in [5, 5.41) is 0. The van der Waals surface area contributed by atoms with Crippen LogP contribution >= 0.6 is 0 Å². The first-order valence-corrected chi connectivity index (χ1v) is 2.31. The lowest BCUT2D eigenvalue weighted by Crippen LogP contribution is -2.29. The summed E-state index contributed by atoms with van der Waals surface area (Å²) in [7, 11) is 0. The van der Waals surface area contributed by atoms with Crippen molar-refractivity contribution in [2.24, 2.45) is 0 Å². The second kappa shape index (κ2) is 4.70. The maximum Gasteiger partial charge on any atom is 0.317 e. The Bertz CT molecular complexity index is 152. The molecule has 10 heavy (non-hydrogen) atoms. The molecule has 0 fully saturated rings. The van der Waals surface area contributed by atoms with Gasteiger partial charge >= 0.3 is 12.3 Å². The third kappa shape index (κ3) is 3.80. The third-order valence-electron chi connectivity index (χ3n) is 0.526. The minimum atomic E-state index is -3.07. The van der Waals surface area contributed by atoms with Crippen LogP contribution in [0.5, 0.6) is 0 Å². The van der Waals surface area contributed by atoms with Crippen LogP contribution in [0.25, 0.3) is 0 Å². The molecule has 3 nitrogen and oxygen atoms in total. The third-order valence-corrected chi connectivity index (χ3v) is 0.526. The van der Waals surface area contributed by atoms with Crippen molar-refractivity contribution in [3.8, 4) is 12.3 Å². The fraction of sp³-hybridized carbons (Fsp3) is 0.400. The zero-order valence-corrected chi connectivity index (χ0v) is 4.93. The number of alkyl halides is 2. The Balaban J connectivity index is 3.33. The zero-order chi connectivity index (χ0) is 7.98. The largest absolute Gasteiger partial charge is 0.317 e. The fourth-order valence-electron chi connectivity index (χ4n) is 0.193. The minimum Gasteiger partial charge on any atom is -0.266 e. The van der Waals surface area contributed by atoms with Crippen LogP contribution < -0.4 is 5.48 Å². The summed E-state index contributed by atoms with van der Waals surface area (Å²) in [5.41, 5.74) is 1.45.